The maximum atomic E-state index is 12.2. The minimum absolute atomic E-state index is 0.231. The highest BCUT2D eigenvalue weighted by Crippen LogP contribution is 2.20. The summed E-state index contributed by atoms with van der Waals surface area (Å²) in [6.45, 7) is 3.48. The molecule has 0 spiro atoms. The predicted molar refractivity (Wildman–Crippen MR) is 100 cm³/mol. The molecule has 27 heavy (non-hydrogen) atoms. The van der Waals surface area contributed by atoms with Crippen LogP contribution in [0.3, 0.4) is 0 Å². The number of benzene rings is 1. The molecule has 0 atom stereocenters. The maximum absolute atomic E-state index is 12.2. The number of aryl methyl sites for hydroxylation is 1. The third-order valence-electron chi connectivity index (χ3n) is 4.17. The number of anilines is 2. The topological polar surface area (TPSA) is 93.6 Å². The van der Waals surface area contributed by atoms with Crippen LogP contribution in [0.4, 0.5) is 11.6 Å². The Morgan fingerprint density at radius 2 is 1.93 bits per heavy atom. The number of nitrogens with zero attached hydrogens (tertiary/aromatic N) is 3. The van der Waals surface area contributed by atoms with E-state index in [9.17, 15) is 9.59 Å². The van der Waals surface area contributed by atoms with Gasteiger partial charge in [-0.25, -0.2) is 9.78 Å². The van der Waals surface area contributed by atoms with Crippen molar-refractivity contribution in [3.63, 3.8) is 0 Å². The fourth-order valence-corrected chi connectivity index (χ4v) is 2.86. The van der Waals surface area contributed by atoms with Crippen molar-refractivity contribution in [3.8, 4) is 5.88 Å². The fourth-order valence-electron chi connectivity index (χ4n) is 2.86. The molecule has 1 aromatic heterocycles. The van der Waals surface area contributed by atoms with Crippen LogP contribution in [-0.2, 0) is 9.53 Å². The molecule has 0 unspecified atom stereocenters. The SMILES string of the molecule is COC(=O)c1ccccc1NC(=O)COc1cc(C)nc(N2CCCC2)n1. The number of methoxy groups -OCH3 is 1. The standard InChI is InChI=1S/C19H22N4O4/c1-13-11-17(22-19(20-13)23-9-5-6-10-23)27-12-16(24)21-15-8-4-3-7-14(15)18(25)26-2/h3-4,7-8,11H,5-6,9-10,12H2,1-2H3,(H,21,24). The van der Waals surface area contributed by atoms with Crippen LogP contribution in [0.25, 0.3) is 0 Å². The molecule has 8 nitrogen and oxygen atoms in total. The average molecular weight is 370 g/mol. The van der Waals surface area contributed by atoms with Gasteiger partial charge in [-0.1, -0.05) is 12.1 Å². The molecule has 1 aliphatic heterocycles. The van der Waals surface area contributed by atoms with Crippen LogP contribution in [-0.4, -0.2) is 48.7 Å². The first kappa shape index (κ1) is 18.6. The molecule has 3 rings (SSSR count). The van der Waals surface area contributed by atoms with Crippen LogP contribution in [0.5, 0.6) is 5.88 Å². The van der Waals surface area contributed by atoms with Gasteiger partial charge in [0.15, 0.2) is 6.61 Å². The van der Waals surface area contributed by atoms with Crippen LogP contribution >= 0.6 is 0 Å². The number of ether oxygens (including phenoxy) is 2. The van der Waals surface area contributed by atoms with E-state index in [2.05, 4.69) is 20.2 Å². The molecule has 8 heteroatoms. The van der Waals surface area contributed by atoms with Gasteiger partial charge in [-0.15, -0.1) is 0 Å². The van der Waals surface area contributed by atoms with E-state index < -0.39 is 11.9 Å². The number of nitrogens with one attached hydrogen (secondary N) is 1. The second kappa shape index (κ2) is 8.48. The zero-order valence-corrected chi connectivity index (χ0v) is 15.4. The largest absolute Gasteiger partial charge is 0.467 e. The fraction of sp³-hybridized carbons (Fsp3) is 0.368. The number of aromatic nitrogens is 2. The van der Waals surface area contributed by atoms with Gasteiger partial charge >= 0.3 is 5.97 Å². The van der Waals surface area contributed by atoms with E-state index in [4.69, 9.17) is 9.47 Å². The van der Waals surface area contributed by atoms with E-state index >= 15 is 0 Å². The van der Waals surface area contributed by atoms with Crippen LogP contribution in [0.2, 0.25) is 0 Å². The van der Waals surface area contributed by atoms with E-state index in [1.165, 1.54) is 7.11 Å². The predicted octanol–water partition coefficient (Wildman–Crippen LogP) is 2.19. The molecule has 0 aliphatic carbocycles. The Morgan fingerprint density at radius 1 is 1.19 bits per heavy atom. The van der Waals surface area contributed by atoms with Crippen LogP contribution in [0.1, 0.15) is 28.9 Å². The highest BCUT2D eigenvalue weighted by Gasteiger charge is 2.17. The molecule has 2 heterocycles. The Kier molecular flexibility index (Phi) is 5.85. The van der Waals surface area contributed by atoms with E-state index in [1.54, 1.807) is 30.3 Å². The molecule has 0 radical (unpaired) electrons. The third-order valence-corrected chi connectivity index (χ3v) is 4.17. The quantitative estimate of drug-likeness (QED) is 0.779. The number of esters is 1. The van der Waals surface area contributed by atoms with Gasteiger partial charge in [0.05, 0.1) is 18.4 Å². The van der Waals surface area contributed by atoms with Crippen molar-refractivity contribution in [3.05, 3.63) is 41.6 Å². The van der Waals surface area contributed by atoms with Crippen molar-refractivity contribution in [1.29, 1.82) is 0 Å². The molecule has 0 bridgehead atoms. The normalized spacial score (nSPS) is 13.3. The van der Waals surface area contributed by atoms with E-state index in [0.29, 0.717) is 17.5 Å². The van der Waals surface area contributed by atoms with Crippen molar-refractivity contribution < 1.29 is 19.1 Å². The maximum Gasteiger partial charge on any atom is 0.339 e. The lowest BCUT2D eigenvalue weighted by atomic mass is 10.2. The average Bonchev–Trinajstić information content (AvgIpc) is 3.21. The molecule has 2 aromatic rings. The van der Waals surface area contributed by atoms with Gasteiger partial charge in [-0.05, 0) is 31.9 Å². The first-order chi connectivity index (χ1) is 13.1. The number of carbonyl (C=O) groups is 2. The Bertz CT molecular complexity index is 834. The Labute approximate surface area is 157 Å². The number of para-hydroxylation sites is 1. The highest BCUT2D eigenvalue weighted by atomic mass is 16.5. The van der Waals surface area contributed by atoms with Gasteiger partial charge in [0.1, 0.15) is 0 Å². The van der Waals surface area contributed by atoms with E-state index in [1.807, 2.05) is 6.92 Å². The summed E-state index contributed by atoms with van der Waals surface area (Å²) in [4.78, 5) is 34.9. The molecule has 1 fully saturated rings. The van der Waals surface area contributed by atoms with Gasteiger partial charge in [0.2, 0.25) is 11.8 Å². The highest BCUT2D eigenvalue weighted by molar-refractivity contribution is 6.01. The van der Waals surface area contributed by atoms with Gasteiger partial charge in [-0.2, -0.15) is 4.98 Å². The summed E-state index contributed by atoms with van der Waals surface area (Å²) in [7, 11) is 1.29. The van der Waals surface area contributed by atoms with Crippen LogP contribution in [0.15, 0.2) is 30.3 Å². The molecular weight excluding hydrogens is 348 g/mol. The van der Waals surface area contributed by atoms with E-state index in [0.717, 1.165) is 31.6 Å². The van der Waals surface area contributed by atoms with Crippen molar-refractivity contribution in [2.45, 2.75) is 19.8 Å². The molecule has 1 aromatic carbocycles. The molecule has 0 saturated carbocycles. The molecular formula is C19H22N4O4. The van der Waals surface area contributed by atoms with Crippen LogP contribution < -0.4 is 15.0 Å². The zero-order valence-electron chi connectivity index (χ0n) is 15.4. The minimum atomic E-state index is -0.520. The second-order valence-electron chi connectivity index (χ2n) is 6.22. The number of amides is 1. The van der Waals surface area contributed by atoms with Crippen LogP contribution in [0, 0.1) is 6.92 Å². The molecule has 142 valence electrons. The molecule has 1 N–H and O–H groups in total. The lowest BCUT2D eigenvalue weighted by Crippen LogP contribution is -2.23. The number of carbonyl (C=O) groups excluding carboxylic acids is 2. The Hall–Kier alpha value is -3.16. The summed E-state index contributed by atoms with van der Waals surface area (Å²) in [5.74, 6) is 0.0542. The van der Waals surface area contributed by atoms with E-state index in [-0.39, 0.29) is 12.2 Å². The first-order valence-electron chi connectivity index (χ1n) is 8.77. The summed E-state index contributed by atoms with van der Waals surface area (Å²) >= 11 is 0. The number of hydrogen-bond acceptors (Lipinski definition) is 7. The third kappa shape index (κ3) is 4.72. The van der Waals surface area contributed by atoms with Crippen molar-refractivity contribution >= 4 is 23.5 Å². The molecule has 1 amide bonds. The summed E-state index contributed by atoms with van der Waals surface area (Å²) in [5.41, 5.74) is 1.43. The zero-order chi connectivity index (χ0) is 19.2. The first-order valence-corrected chi connectivity index (χ1v) is 8.77. The van der Waals surface area contributed by atoms with Crippen molar-refractivity contribution in [2.24, 2.45) is 0 Å². The summed E-state index contributed by atoms with van der Waals surface area (Å²) in [6.07, 6.45) is 2.24. The molecule has 1 aliphatic rings. The van der Waals surface area contributed by atoms with Gasteiger partial charge in [0.25, 0.3) is 5.91 Å². The number of rotatable bonds is 6. The lowest BCUT2D eigenvalue weighted by molar-refractivity contribution is -0.118. The van der Waals surface area contributed by atoms with Gasteiger partial charge in [0, 0.05) is 24.8 Å². The smallest absolute Gasteiger partial charge is 0.339 e. The Morgan fingerprint density at radius 3 is 2.67 bits per heavy atom. The molecule has 1 saturated heterocycles. The second-order valence-corrected chi connectivity index (χ2v) is 6.22. The summed E-state index contributed by atoms with van der Waals surface area (Å²) in [5, 5.41) is 2.66. The summed E-state index contributed by atoms with van der Waals surface area (Å²) < 4.78 is 10.3. The van der Waals surface area contributed by atoms with Gasteiger partial charge in [-0.3, -0.25) is 4.79 Å². The lowest BCUT2D eigenvalue weighted by Gasteiger charge is -2.16. The van der Waals surface area contributed by atoms with Crippen molar-refractivity contribution in [2.75, 3.05) is 37.0 Å². The summed E-state index contributed by atoms with van der Waals surface area (Å²) in [6, 6.07) is 8.32. The monoisotopic (exact) mass is 370 g/mol. The Balaban J connectivity index is 1.64. The minimum Gasteiger partial charge on any atom is -0.467 e. The van der Waals surface area contributed by atoms with Gasteiger partial charge < -0.3 is 19.7 Å². The van der Waals surface area contributed by atoms with Crippen molar-refractivity contribution in [1.82, 2.24) is 9.97 Å². The number of hydrogen-bond donors (Lipinski definition) is 1.